The van der Waals surface area contributed by atoms with Crippen LogP contribution in [0.15, 0.2) is 24.3 Å². The fraction of sp³-hybridized carbons (Fsp3) is 0.588. The fourth-order valence-corrected chi connectivity index (χ4v) is 3.47. The number of aliphatic hydroxyl groups is 1. The van der Waals surface area contributed by atoms with Gasteiger partial charge in [-0.2, -0.15) is 0 Å². The number of fused-ring (bicyclic) bond motifs is 1. The normalized spacial score (nSPS) is 28.1. The number of carbonyl (C=O) groups excluding carboxylic acids is 1. The summed E-state index contributed by atoms with van der Waals surface area (Å²) in [4.78, 5) is 12.1. The molecule has 0 saturated carbocycles. The van der Waals surface area contributed by atoms with E-state index in [1.165, 1.54) is 19.3 Å². The first-order valence-electron chi connectivity index (χ1n) is 8.02. The van der Waals surface area contributed by atoms with Crippen LogP contribution >= 0.6 is 0 Å². The molecule has 1 heterocycles. The molecule has 21 heavy (non-hydrogen) atoms. The third-order valence-corrected chi connectivity index (χ3v) is 4.65. The molecule has 4 heteroatoms. The SMILES string of the molecule is O=C(CCC1CCCCN1)N[C@@H]1c2ccccc2C[C@@H]1O. The van der Waals surface area contributed by atoms with Gasteiger partial charge in [-0.15, -0.1) is 0 Å². The van der Waals surface area contributed by atoms with Crippen LogP contribution in [0.3, 0.4) is 0 Å². The Hall–Kier alpha value is -1.39. The average molecular weight is 288 g/mol. The Labute approximate surface area is 125 Å². The third kappa shape index (κ3) is 3.44. The van der Waals surface area contributed by atoms with Crippen molar-refractivity contribution in [2.24, 2.45) is 0 Å². The maximum atomic E-state index is 12.1. The second-order valence-electron chi connectivity index (χ2n) is 6.20. The number of hydrogen-bond acceptors (Lipinski definition) is 3. The van der Waals surface area contributed by atoms with E-state index in [4.69, 9.17) is 0 Å². The number of carbonyl (C=O) groups is 1. The van der Waals surface area contributed by atoms with Crippen molar-refractivity contribution < 1.29 is 9.90 Å². The highest BCUT2D eigenvalue weighted by Gasteiger charge is 2.31. The summed E-state index contributed by atoms with van der Waals surface area (Å²) in [6, 6.07) is 8.20. The van der Waals surface area contributed by atoms with E-state index in [0.29, 0.717) is 18.9 Å². The van der Waals surface area contributed by atoms with Gasteiger partial charge >= 0.3 is 0 Å². The van der Waals surface area contributed by atoms with E-state index in [0.717, 1.165) is 24.1 Å². The van der Waals surface area contributed by atoms with Crippen LogP contribution in [0.4, 0.5) is 0 Å². The van der Waals surface area contributed by atoms with E-state index < -0.39 is 6.10 Å². The molecule has 1 aliphatic heterocycles. The summed E-state index contributed by atoms with van der Waals surface area (Å²) in [5, 5.41) is 16.6. The summed E-state index contributed by atoms with van der Waals surface area (Å²) in [7, 11) is 0. The number of benzene rings is 1. The van der Waals surface area contributed by atoms with Gasteiger partial charge in [-0.25, -0.2) is 0 Å². The van der Waals surface area contributed by atoms with E-state index in [1.54, 1.807) is 0 Å². The van der Waals surface area contributed by atoms with Gasteiger partial charge in [-0.05, 0) is 36.9 Å². The van der Waals surface area contributed by atoms with Crippen molar-refractivity contribution in [2.75, 3.05) is 6.54 Å². The summed E-state index contributed by atoms with van der Waals surface area (Å²) in [5.41, 5.74) is 2.21. The van der Waals surface area contributed by atoms with Crippen molar-refractivity contribution in [3.05, 3.63) is 35.4 Å². The molecule has 1 saturated heterocycles. The lowest BCUT2D eigenvalue weighted by Gasteiger charge is -2.24. The molecular formula is C17H24N2O2. The molecule has 1 aliphatic carbocycles. The van der Waals surface area contributed by atoms with Crippen molar-refractivity contribution in [1.29, 1.82) is 0 Å². The van der Waals surface area contributed by atoms with Crippen LogP contribution in [-0.4, -0.2) is 29.7 Å². The molecule has 1 aromatic carbocycles. The number of nitrogens with one attached hydrogen (secondary N) is 2. The number of amides is 1. The van der Waals surface area contributed by atoms with Crippen molar-refractivity contribution in [1.82, 2.24) is 10.6 Å². The highest BCUT2D eigenvalue weighted by molar-refractivity contribution is 5.76. The molecule has 1 unspecified atom stereocenters. The smallest absolute Gasteiger partial charge is 0.220 e. The quantitative estimate of drug-likeness (QED) is 0.790. The molecule has 0 radical (unpaired) electrons. The fourth-order valence-electron chi connectivity index (χ4n) is 3.47. The monoisotopic (exact) mass is 288 g/mol. The van der Waals surface area contributed by atoms with E-state index in [-0.39, 0.29) is 11.9 Å². The standard InChI is InChI=1S/C17H24N2O2/c20-15-11-12-5-1-2-7-14(12)17(15)19-16(21)9-8-13-6-3-4-10-18-13/h1-2,5,7,13,15,17-18,20H,3-4,6,8-11H2,(H,19,21)/t13?,15-,17+/m0/s1. The first-order valence-corrected chi connectivity index (χ1v) is 8.02. The number of hydrogen-bond donors (Lipinski definition) is 3. The molecule has 1 aromatic rings. The van der Waals surface area contributed by atoms with Gasteiger partial charge in [0.25, 0.3) is 0 Å². The molecule has 3 rings (SSSR count). The maximum absolute atomic E-state index is 12.1. The summed E-state index contributed by atoms with van der Waals surface area (Å²) in [6.07, 6.45) is 5.22. The van der Waals surface area contributed by atoms with E-state index in [1.807, 2.05) is 24.3 Å². The van der Waals surface area contributed by atoms with Gasteiger partial charge in [0.2, 0.25) is 5.91 Å². The zero-order valence-corrected chi connectivity index (χ0v) is 12.3. The topological polar surface area (TPSA) is 61.4 Å². The third-order valence-electron chi connectivity index (χ3n) is 4.65. The average Bonchev–Trinajstić information content (AvgIpc) is 2.82. The van der Waals surface area contributed by atoms with Crippen LogP contribution in [0.2, 0.25) is 0 Å². The van der Waals surface area contributed by atoms with E-state index >= 15 is 0 Å². The Morgan fingerprint density at radius 3 is 3.00 bits per heavy atom. The predicted molar refractivity (Wildman–Crippen MR) is 81.9 cm³/mol. The van der Waals surface area contributed by atoms with Gasteiger partial charge in [-0.1, -0.05) is 30.7 Å². The van der Waals surface area contributed by atoms with Crippen molar-refractivity contribution in [3.63, 3.8) is 0 Å². The van der Waals surface area contributed by atoms with E-state index in [9.17, 15) is 9.90 Å². The highest BCUT2D eigenvalue weighted by Crippen LogP contribution is 2.31. The van der Waals surface area contributed by atoms with Crippen LogP contribution in [-0.2, 0) is 11.2 Å². The van der Waals surface area contributed by atoms with Crippen molar-refractivity contribution in [3.8, 4) is 0 Å². The van der Waals surface area contributed by atoms with Crippen LogP contribution < -0.4 is 10.6 Å². The van der Waals surface area contributed by atoms with Crippen LogP contribution in [0.25, 0.3) is 0 Å². The maximum Gasteiger partial charge on any atom is 0.220 e. The predicted octanol–water partition coefficient (Wildman–Crippen LogP) is 1.68. The molecule has 0 spiro atoms. The molecule has 0 aromatic heterocycles. The van der Waals surface area contributed by atoms with Crippen molar-refractivity contribution in [2.45, 2.75) is 56.7 Å². The molecule has 1 amide bonds. The lowest BCUT2D eigenvalue weighted by atomic mass is 10.00. The zero-order valence-electron chi connectivity index (χ0n) is 12.3. The Morgan fingerprint density at radius 2 is 2.19 bits per heavy atom. The van der Waals surface area contributed by atoms with E-state index in [2.05, 4.69) is 10.6 Å². The van der Waals surface area contributed by atoms with Crippen LogP contribution in [0.1, 0.15) is 49.3 Å². The van der Waals surface area contributed by atoms with Gasteiger partial charge in [0.15, 0.2) is 0 Å². The largest absolute Gasteiger partial charge is 0.390 e. The molecule has 0 bridgehead atoms. The molecule has 114 valence electrons. The van der Waals surface area contributed by atoms with Gasteiger partial charge in [-0.3, -0.25) is 4.79 Å². The Balaban J connectivity index is 1.52. The molecule has 4 nitrogen and oxygen atoms in total. The minimum absolute atomic E-state index is 0.0446. The van der Waals surface area contributed by atoms with Crippen LogP contribution in [0.5, 0.6) is 0 Å². The first kappa shape index (κ1) is 14.5. The van der Waals surface area contributed by atoms with Gasteiger partial charge in [0.1, 0.15) is 0 Å². The second kappa shape index (κ2) is 6.58. The summed E-state index contributed by atoms with van der Waals surface area (Å²) in [6.45, 7) is 1.07. The zero-order chi connectivity index (χ0) is 14.7. The van der Waals surface area contributed by atoms with Crippen LogP contribution in [0, 0.1) is 0 Å². The lowest BCUT2D eigenvalue weighted by molar-refractivity contribution is -0.122. The minimum Gasteiger partial charge on any atom is -0.390 e. The minimum atomic E-state index is -0.501. The lowest BCUT2D eigenvalue weighted by Crippen LogP contribution is -2.37. The number of rotatable bonds is 4. The van der Waals surface area contributed by atoms with Gasteiger partial charge in [0.05, 0.1) is 12.1 Å². The van der Waals surface area contributed by atoms with Gasteiger partial charge in [0, 0.05) is 18.9 Å². The Kier molecular flexibility index (Phi) is 4.56. The molecule has 3 N–H and O–H groups in total. The Morgan fingerprint density at radius 1 is 1.33 bits per heavy atom. The Bertz CT molecular complexity index is 497. The molecular weight excluding hydrogens is 264 g/mol. The molecule has 1 fully saturated rings. The summed E-state index contributed by atoms with van der Waals surface area (Å²) in [5.74, 6) is 0.0446. The summed E-state index contributed by atoms with van der Waals surface area (Å²) < 4.78 is 0. The summed E-state index contributed by atoms with van der Waals surface area (Å²) >= 11 is 0. The number of aliphatic hydroxyl groups excluding tert-OH is 1. The first-order chi connectivity index (χ1) is 10.2. The van der Waals surface area contributed by atoms with Crippen molar-refractivity contribution >= 4 is 5.91 Å². The van der Waals surface area contributed by atoms with Gasteiger partial charge < -0.3 is 15.7 Å². The molecule has 2 aliphatic rings. The molecule has 3 atom stereocenters. The second-order valence-corrected chi connectivity index (χ2v) is 6.20. The number of piperidine rings is 1. The highest BCUT2D eigenvalue weighted by atomic mass is 16.3.